The van der Waals surface area contributed by atoms with Gasteiger partial charge in [-0.3, -0.25) is 4.79 Å². The van der Waals surface area contributed by atoms with Gasteiger partial charge in [0.15, 0.2) is 5.82 Å². The van der Waals surface area contributed by atoms with Crippen LogP contribution in [0.15, 0.2) is 54.9 Å². The lowest BCUT2D eigenvalue weighted by Crippen LogP contribution is -2.32. The number of nitriles is 1. The fourth-order valence-corrected chi connectivity index (χ4v) is 3.67. The zero-order valence-corrected chi connectivity index (χ0v) is 16.9. The lowest BCUT2D eigenvalue weighted by molar-refractivity contribution is 0.0983. The first-order valence-electron chi connectivity index (χ1n) is 10.1. The van der Waals surface area contributed by atoms with Crippen molar-refractivity contribution in [2.24, 2.45) is 5.73 Å². The number of benzene rings is 1. The molecule has 0 saturated heterocycles. The van der Waals surface area contributed by atoms with Gasteiger partial charge < -0.3 is 15.8 Å². The maximum absolute atomic E-state index is 11.5. The number of nitrogens with one attached hydrogen (secondary N) is 1. The average molecular weight is 414 g/mol. The Balaban J connectivity index is 1.36. The van der Waals surface area contributed by atoms with Crippen LogP contribution in [0, 0.1) is 11.3 Å². The van der Waals surface area contributed by atoms with E-state index in [9.17, 15) is 4.79 Å². The number of rotatable bonds is 6. The molecule has 31 heavy (non-hydrogen) atoms. The molecule has 1 aromatic carbocycles. The van der Waals surface area contributed by atoms with Gasteiger partial charge in [-0.2, -0.15) is 5.26 Å². The lowest BCUT2D eigenvalue weighted by Gasteiger charge is -2.29. The molecular formula is C23H22N6O2. The summed E-state index contributed by atoms with van der Waals surface area (Å²) < 4.78 is 5.95. The molecule has 1 aliphatic carbocycles. The van der Waals surface area contributed by atoms with Crippen LogP contribution < -0.4 is 15.8 Å². The van der Waals surface area contributed by atoms with E-state index in [1.165, 1.54) is 0 Å². The first-order valence-corrected chi connectivity index (χ1v) is 10.1. The summed E-state index contributed by atoms with van der Waals surface area (Å²) in [5.74, 6) is 1.08. The number of carbonyl (C=O) groups is 1. The summed E-state index contributed by atoms with van der Waals surface area (Å²) in [5.41, 5.74) is 7.08. The molecule has 0 bridgehead atoms. The normalized spacial score (nSPS) is 18.0. The molecule has 3 aromatic rings. The molecule has 0 spiro atoms. The molecule has 0 unspecified atom stereocenters. The van der Waals surface area contributed by atoms with Gasteiger partial charge in [-0.15, -0.1) is 0 Å². The number of hydrogen-bond donors (Lipinski definition) is 2. The Morgan fingerprint density at radius 1 is 1.10 bits per heavy atom. The first kappa shape index (κ1) is 20.3. The highest BCUT2D eigenvalue weighted by Gasteiger charge is 2.24. The van der Waals surface area contributed by atoms with Crippen LogP contribution in [-0.2, 0) is 0 Å². The highest BCUT2D eigenvalue weighted by Crippen LogP contribution is 2.27. The average Bonchev–Trinajstić information content (AvgIpc) is 2.81. The van der Waals surface area contributed by atoms with Crippen LogP contribution >= 0.6 is 0 Å². The van der Waals surface area contributed by atoms with Crippen LogP contribution in [0.5, 0.6) is 5.88 Å². The number of hydrogen-bond acceptors (Lipinski definition) is 7. The van der Waals surface area contributed by atoms with E-state index >= 15 is 0 Å². The van der Waals surface area contributed by atoms with Crippen molar-refractivity contribution < 1.29 is 9.53 Å². The van der Waals surface area contributed by atoms with Gasteiger partial charge in [-0.1, -0.05) is 12.1 Å². The van der Waals surface area contributed by atoms with Crippen molar-refractivity contribution >= 4 is 11.7 Å². The van der Waals surface area contributed by atoms with Crippen LogP contribution in [0.25, 0.3) is 11.4 Å². The van der Waals surface area contributed by atoms with E-state index in [-0.39, 0.29) is 12.1 Å². The maximum Gasteiger partial charge on any atom is 0.254 e. The second kappa shape index (κ2) is 9.22. The molecule has 2 heterocycles. The minimum absolute atomic E-state index is 0.0132. The Morgan fingerprint density at radius 2 is 1.94 bits per heavy atom. The molecule has 1 fully saturated rings. The smallest absolute Gasteiger partial charge is 0.254 e. The monoisotopic (exact) mass is 414 g/mol. The van der Waals surface area contributed by atoms with Gasteiger partial charge in [0.1, 0.15) is 17.5 Å². The van der Waals surface area contributed by atoms with Crippen LogP contribution in [0.4, 0.5) is 5.82 Å². The molecule has 0 radical (unpaired) electrons. The molecule has 1 aliphatic rings. The van der Waals surface area contributed by atoms with Gasteiger partial charge in [0.2, 0.25) is 5.88 Å². The molecule has 0 aliphatic heterocycles. The predicted octanol–water partition coefficient (Wildman–Crippen LogP) is 3.31. The van der Waals surface area contributed by atoms with Gasteiger partial charge in [-0.25, -0.2) is 15.0 Å². The van der Waals surface area contributed by atoms with Gasteiger partial charge in [-0.05, 0) is 56.0 Å². The molecule has 0 atom stereocenters. The molecule has 8 nitrogen and oxygen atoms in total. The summed E-state index contributed by atoms with van der Waals surface area (Å²) in [4.78, 5) is 24.6. The van der Waals surface area contributed by atoms with Crippen LogP contribution in [0.3, 0.4) is 0 Å². The van der Waals surface area contributed by atoms with E-state index in [2.05, 4.69) is 26.3 Å². The van der Waals surface area contributed by atoms with Gasteiger partial charge in [0, 0.05) is 24.0 Å². The number of carbonyl (C=O) groups excluding carboxylic acids is 1. The Labute approximate surface area is 180 Å². The topological polar surface area (TPSA) is 127 Å². The van der Waals surface area contributed by atoms with Crippen molar-refractivity contribution in [2.45, 2.75) is 37.8 Å². The lowest BCUT2D eigenvalue weighted by atomic mass is 9.93. The molecule has 3 N–H and O–H groups in total. The van der Waals surface area contributed by atoms with Gasteiger partial charge in [0.05, 0.1) is 11.6 Å². The zero-order valence-electron chi connectivity index (χ0n) is 16.9. The van der Waals surface area contributed by atoms with Crippen molar-refractivity contribution in [1.29, 1.82) is 5.26 Å². The fourth-order valence-electron chi connectivity index (χ4n) is 3.67. The SMILES string of the molecule is N#Cc1cccc(-c2nccc(NC3CCC(Oc4ncccc4C(N)=O)CC3)n2)c1. The number of nitrogens with zero attached hydrogens (tertiary/aromatic N) is 4. The van der Waals surface area contributed by atoms with Gasteiger partial charge in [0.25, 0.3) is 5.91 Å². The second-order valence-corrected chi connectivity index (χ2v) is 7.41. The van der Waals surface area contributed by atoms with Crippen molar-refractivity contribution in [3.05, 3.63) is 66.0 Å². The number of ether oxygens (including phenoxy) is 1. The number of nitrogens with two attached hydrogens (primary N) is 1. The molecule has 8 heteroatoms. The highest BCUT2D eigenvalue weighted by atomic mass is 16.5. The summed E-state index contributed by atoms with van der Waals surface area (Å²) in [6, 6.07) is 14.8. The predicted molar refractivity (Wildman–Crippen MR) is 115 cm³/mol. The Morgan fingerprint density at radius 3 is 2.71 bits per heavy atom. The zero-order chi connectivity index (χ0) is 21.6. The van der Waals surface area contributed by atoms with Crippen molar-refractivity contribution in [2.75, 3.05) is 5.32 Å². The fraction of sp³-hybridized carbons (Fsp3) is 0.261. The minimum atomic E-state index is -0.543. The van der Waals surface area contributed by atoms with E-state index in [1.807, 2.05) is 18.2 Å². The number of aromatic nitrogens is 3. The Hall–Kier alpha value is -3.99. The van der Waals surface area contributed by atoms with Crippen molar-refractivity contribution in [1.82, 2.24) is 15.0 Å². The summed E-state index contributed by atoms with van der Waals surface area (Å²) in [5, 5.41) is 12.6. The Bertz CT molecular complexity index is 1120. The largest absolute Gasteiger partial charge is 0.474 e. The van der Waals surface area contributed by atoms with Crippen molar-refractivity contribution in [3.8, 4) is 23.3 Å². The molecule has 2 aromatic heterocycles. The number of anilines is 1. The quantitative estimate of drug-likeness (QED) is 0.633. The number of amides is 1. The number of pyridine rings is 1. The van der Waals surface area contributed by atoms with E-state index in [0.717, 1.165) is 37.1 Å². The molecular weight excluding hydrogens is 392 g/mol. The summed E-state index contributed by atoms with van der Waals surface area (Å²) in [6.07, 6.45) is 6.74. The third-order valence-corrected chi connectivity index (χ3v) is 5.25. The molecule has 156 valence electrons. The standard InChI is InChI=1S/C23H22N6O2/c24-14-15-3-1-4-16(13-15)22-26-12-10-20(29-22)28-17-6-8-18(9-7-17)31-23-19(21(25)30)5-2-11-27-23/h1-5,10-13,17-18H,6-9H2,(H2,25,30)(H,26,28,29). The summed E-state index contributed by atoms with van der Waals surface area (Å²) in [6.45, 7) is 0. The van der Waals surface area contributed by atoms with E-state index in [4.69, 9.17) is 15.7 Å². The third-order valence-electron chi connectivity index (χ3n) is 5.25. The first-order chi connectivity index (χ1) is 15.1. The second-order valence-electron chi connectivity index (χ2n) is 7.41. The van der Waals surface area contributed by atoms with E-state index in [0.29, 0.717) is 22.8 Å². The van der Waals surface area contributed by atoms with Gasteiger partial charge >= 0.3 is 0 Å². The number of primary amides is 1. The molecule has 4 rings (SSSR count). The van der Waals surface area contributed by atoms with Crippen LogP contribution in [0.2, 0.25) is 0 Å². The van der Waals surface area contributed by atoms with Crippen LogP contribution in [-0.4, -0.2) is 33.0 Å². The minimum Gasteiger partial charge on any atom is -0.474 e. The van der Waals surface area contributed by atoms with Crippen molar-refractivity contribution in [3.63, 3.8) is 0 Å². The summed E-state index contributed by atoms with van der Waals surface area (Å²) >= 11 is 0. The van der Waals surface area contributed by atoms with E-state index in [1.54, 1.807) is 36.7 Å². The van der Waals surface area contributed by atoms with Crippen LogP contribution in [0.1, 0.15) is 41.6 Å². The Kier molecular flexibility index (Phi) is 6.03. The summed E-state index contributed by atoms with van der Waals surface area (Å²) in [7, 11) is 0. The third kappa shape index (κ3) is 4.95. The molecule has 1 amide bonds. The maximum atomic E-state index is 11.5. The van der Waals surface area contributed by atoms with E-state index < -0.39 is 5.91 Å². The highest BCUT2D eigenvalue weighted by molar-refractivity contribution is 5.94. The molecule has 1 saturated carbocycles.